The number of aromatic nitrogens is 2. The van der Waals surface area contributed by atoms with E-state index in [0.717, 1.165) is 12.4 Å². The third-order valence-electron chi connectivity index (χ3n) is 2.04. The van der Waals surface area contributed by atoms with Gasteiger partial charge < -0.3 is 5.32 Å². The van der Waals surface area contributed by atoms with Gasteiger partial charge >= 0.3 is 0 Å². The van der Waals surface area contributed by atoms with Crippen molar-refractivity contribution in [2.75, 3.05) is 5.32 Å². The number of nitrogens with two attached hydrogens (primary N) is 1. The standard InChI is InChI=1S/C10H9FN4O2S/c11-7-5-13-10(14-6-7)15-8-2-1-3-9(4-8)18(12,16)17/h1-6H,(H2,12,16,17)(H,13,14,15). The summed E-state index contributed by atoms with van der Waals surface area (Å²) in [5.41, 5.74) is 0.438. The van der Waals surface area contributed by atoms with Crippen molar-refractivity contribution in [3.8, 4) is 0 Å². The minimum Gasteiger partial charge on any atom is -0.324 e. The molecule has 0 saturated carbocycles. The monoisotopic (exact) mass is 268 g/mol. The lowest BCUT2D eigenvalue weighted by molar-refractivity contribution is 0.598. The van der Waals surface area contributed by atoms with Gasteiger partial charge in [-0.25, -0.2) is 27.9 Å². The van der Waals surface area contributed by atoms with Crippen LogP contribution in [0.5, 0.6) is 0 Å². The van der Waals surface area contributed by atoms with Gasteiger partial charge in [0, 0.05) is 5.69 Å². The molecule has 3 N–H and O–H groups in total. The van der Waals surface area contributed by atoms with Crippen LogP contribution < -0.4 is 10.5 Å². The first kappa shape index (κ1) is 12.4. The number of nitrogens with one attached hydrogen (secondary N) is 1. The van der Waals surface area contributed by atoms with Gasteiger partial charge in [0.1, 0.15) is 0 Å². The van der Waals surface area contributed by atoms with Crippen LogP contribution in [0.3, 0.4) is 0 Å². The molecule has 0 amide bonds. The maximum Gasteiger partial charge on any atom is 0.238 e. The summed E-state index contributed by atoms with van der Waals surface area (Å²) in [5.74, 6) is -0.401. The third kappa shape index (κ3) is 2.99. The van der Waals surface area contributed by atoms with E-state index < -0.39 is 15.8 Å². The number of primary sulfonamides is 1. The molecule has 0 spiro atoms. The maximum absolute atomic E-state index is 12.6. The number of hydrogen-bond acceptors (Lipinski definition) is 5. The van der Waals surface area contributed by atoms with Crippen molar-refractivity contribution < 1.29 is 12.8 Å². The molecule has 8 heteroatoms. The van der Waals surface area contributed by atoms with Crippen LogP contribution in [0.4, 0.5) is 16.0 Å². The molecular formula is C10H9FN4O2S. The van der Waals surface area contributed by atoms with Crippen LogP contribution in [0.2, 0.25) is 0 Å². The average Bonchev–Trinajstić information content (AvgIpc) is 2.31. The van der Waals surface area contributed by atoms with Crippen molar-refractivity contribution in [3.05, 3.63) is 42.5 Å². The molecular weight excluding hydrogens is 259 g/mol. The molecule has 0 aliphatic heterocycles. The van der Waals surface area contributed by atoms with E-state index in [1.54, 1.807) is 6.07 Å². The lowest BCUT2D eigenvalue weighted by Gasteiger charge is -2.05. The summed E-state index contributed by atoms with van der Waals surface area (Å²) in [4.78, 5) is 7.34. The lowest BCUT2D eigenvalue weighted by Crippen LogP contribution is -2.12. The Morgan fingerprint density at radius 2 is 1.89 bits per heavy atom. The molecule has 2 rings (SSSR count). The molecule has 1 aromatic heterocycles. The molecule has 0 unspecified atom stereocenters. The zero-order chi connectivity index (χ0) is 13.2. The Morgan fingerprint density at radius 1 is 1.22 bits per heavy atom. The summed E-state index contributed by atoms with van der Waals surface area (Å²) < 4.78 is 34.9. The summed E-state index contributed by atoms with van der Waals surface area (Å²) in [7, 11) is -3.77. The highest BCUT2D eigenvalue weighted by Gasteiger charge is 2.08. The molecule has 18 heavy (non-hydrogen) atoms. The van der Waals surface area contributed by atoms with Crippen molar-refractivity contribution in [1.82, 2.24) is 9.97 Å². The van der Waals surface area contributed by atoms with Crippen LogP contribution in [0.15, 0.2) is 41.6 Å². The van der Waals surface area contributed by atoms with Crippen LogP contribution in [-0.4, -0.2) is 18.4 Å². The van der Waals surface area contributed by atoms with Gasteiger partial charge in [-0.2, -0.15) is 0 Å². The van der Waals surface area contributed by atoms with E-state index in [4.69, 9.17) is 5.14 Å². The number of nitrogens with zero attached hydrogens (tertiary/aromatic N) is 2. The second-order valence-corrected chi connectivity index (χ2v) is 4.98. The highest BCUT2D eigenvalue weighted by molar-refractivity contribution is 7.89. The van der Waals surface area contributed by atoms with Crippen LogP contribution in [-0.2, 0) is 10.0 Å². The first-order valence-electron chi connectivity index (χ1n) is 4.82. The SMILES string of the molecule is NS(=O)(=O)c1cccc(Nc2ncc(F)cn2)c1. The quantitative estimate of drug-likeness (QED) is 0.865. The predicted octanol–water partition coefficient (Wildman–Crippen LogP) is 1.01. The molecule has 0 aliphatic carbocycles. The van der Waals surface area contributed by atoms with E-state index in [-0.39, 0.29) is 10.8 Å². The van der Waals surface area contributed by atoms with Crippen molar-refractivity contribution in [3.63, 3.8) is 0 Å². The molecule has 0 saturated heterocycles. The van der Waals surface area contributed by atoms with Gasteiger partial charge in [-0.1, -0.05) is 6.07 Å². The zero-order valence-electron chi connectivity index (χ0n) is 9.04. The highest BCUT2D eigenvalue weighted by Crippen LogP contribution is 2.16. The first-order valence-corrected chi connectivity index (χ1v) is 6.37. The molecule has 6 nitrogen and oxygen atoms in total. The molecule has 1 heterocycles. The van der Waals surface area contributed by atoms with Crippen molar-refractivity contribution in [2.45, 2.75) is 4.90 Å². The molecule has 0 atom stereocenters. The van der Waals surface area contributed by atoms with Crippen molar-refractivity contribution >= 4 is 21.7 Å². The van der Waals surface area contributed by atoms with E-state index in [2.05, 4.69) is 15.3 Å². The molecule has 0 radical (unpaired) electrons. The second kappa shape index (κ2) is 4.67. The largest absolute Gasteiger partial charge is 0.324 e. The fourth-order valence-corrected chi connectivity index (χ4v) is 1.82. The number of benzene rings is 1. The Labute approximate surface area is 103 Å². The lowest BCUT2D eigenvalue weighted by atomic mass is 10.3. The van der Waals surface area contributed by atoms with Gasteiger partial charge in [-0.3, -0.25) is 0 Å². The normalized spacial score (nSPS) is 11.2. The van der Waals surface area contributed by atoms with Gasteiger partial charge in [-0.15, -0.1) is 0 Å². The zero-order valence-corrected chi connectivity index (χ0v) is 9.86. The van der Waals surface area contributed by atoms with Gasteiger partial charge in [0.05, 0.1) is 17.3 Å². The second-order valence-electron chi connectivity index (χ2n) is 3.42. The predicted molar refractivity (Wildman–Crippen MR) is 63.1 cm³/mol. The summed E-state index contributed by atoms with van der Waals surface area (Å²) in [6.45, 7) is 0. The summed E-state index contributed by atoms with van der Waals surface area (Å²) in [5, 5.41) is 7.74. The summed E-state index contributed by atoms with van der Waals surface area (Å²) >= 11 is 0. The maximum atomic E-state index is 12.6. The Morgan fingerprint density at radius 3 is 2.50 bits per heavy atom. The van der Waals surface area contributed by atoms with Crippen LogP contribution in [0, 0.1) is 5.82 Å². The van der Waals surface area contributed by atoms with Crippen LogP contribution in [0.25, 0.3) is 0 Å². The Hall–Kier alpha value is -2.06. The topological polar surface area (TPSA) is 98.0 Å². The molecule has 1 aromatic carbocycles. The minimum atomic E-state index is -3.77. The number of halogens is 1. The minimum absolute atomic E-state index is 0.0328. The van der Waals surface area contributed by atoms with E-state index in [1.807, 2.05) is 0 Å². The fraction of sp³-hybridized carbons (Fsp3) is 0. The Balaban J connectivity index is 2.27. The smallest absolute Gasteiger partial charge is 0.238 e. The molecule has 2 aromatic rings. The van der Waals surface area contributed by atoms with E-state index >= 15 is 0 Å². The van der Waals surface area contributed by atoms with Gasteiger partial charge in [0.25, 0.3) is 0 Å². The number of hydrogen-bond donors (Lipinski definition) is 2. The molecule has 94 valence electrons. The van der Waals surface area contributed by atoms with E-state index in [9.17, 15) is 12.8 Å². The number of anilines is 2. The molecule has 0 bridgehead atoms. The molecule has 0 aliphatic rings. The molecule has 0 fully saturated rings. The van der Waals surface area contributed by atoms with Crippen molar-refractivity contribution in [2.24, 2.45) is 5.14 Å². The van der Waals surface area contributed by atoms with Crippen molar-refractivity contribution in [1.29, 1.82) is 0 Å². The van der Waals surface area contributed by atoms with Gasteiger partial charge in [-0.05, 0) is 18.2 Å². The summed E-state index contributed by atoms with van der Waals surface area (Å²) in [6.07, 6.45) is 2.00. The van der Waals surface area contributed by atoms with Gasteiger partial charge in [0.2, 0.25) is 16.0 Å². The first-order chi connectivity index (χ1) is 8.45. The van der Waals surface area contributed by atoms with Gasteiger partial charge in [0.15, 0.2) is 5.82 Å². The Bertz CT molecular complexity index is 658. The Kier molecular flexibility index (Phi) is 3.21. The van der Waals surface area contributed by atoms with E-state index in [0.29, 0.717) is 5.69 Å². The number of rotatable bonds is 3. The highest BCUT2D eigenvalue weighted by atomic mass is 32.2. The number of sulfonamides is 1. The average molecular weight is 268 g/mol. The summed E-state index contributed by atoms with van der Waals surface area (Å²) in [6, 6.07) is 5.83. The fourth-order valence-electron chi connectivity index (χ4n) is 1.26. The third-order valence-corrected chi connectivity index (χ3v) is 2.95. The van der Waals surface area contributed by atoms with Crippen LogP contribution >= 0.6 is 0 Å². The van der Waals surface area contributed by atoms with Crippen LogP contribution in [0.1, 0.15) is 0 Å². The van der Waals surface area contributed by atoms with E-state index in [1.165, 1.54) is 18.2 Å².